The molecule has 1 aliphatic heterocycles. The summed E-state index contributed by atoms with van der Waals surface area (Å²) in [5.74, 6) is -1.01. The van der Waals surface area contributed by atoms with Crippen LogP contribution in [0.3, 0.4) is 0 Å². The summed E-state index contributed by atoms with van der Waals surface area (Å²) in [4.78, 5) is 40.3. The molecule has 1 unspecified atom stereocenters. The second-order valence-corrected chi connectivity index (χ2v) is 18.2. The Morgan fingerprint density at radius 2 is 1.07 bits per heavy atom. The van der Waals surface area contributed by atoms with Gasteiger partial charge in [0.05, 0.1) is 25.6 Å². The average molecular weight is 860 g/mol. The van der Waals surface area contributed by atoms with E-state index in [0.717, 1.165) is 90.1 Å². The quantitative estimate of drug-likeness (QED) is 0.0277. The van der Waals surface area contributed by atoms with Crippen molar-refractivity contribution in [3.05, 3.63) is 24.3 Å². The Labute approximate surface area is 373 Å². The number of hydrogen-bond acceptors (Lipinski definition) is 8. The van der Waals surface area contributed by atoms with Gasteiger partial charge < -0.3 is 29.0 Å². The van der Waals surface area contributed by atoms with Gasteiger partial charge in [0.15, 0.2) is 6.29 Å². The maximum absolute atomic E-state index is 13.2. The van der Waals surface area contributed by atoms with Gasteiger partial charge in [0.2, 0.25) is 0 Å². The first-order valence-corrected chi connectivity index (χ1v) is 25.7. The van der Waals surface area contributed by atoms with Gasteiger partial charge in [0, 0.05) is 38.0 Å². The highest BCUT2D eigenvalue weighted by molar-refractivity contribution is 5.70. The smallest absolute Gasteiger partial charge is 0.306 e. The van der Waals surface area contributed by atoms with E-state index in [2.05, 4.69) is 50.0 Å². The zero-order chi connectivity index (χ0) is 44.0. The summed E-state index contributed by atoms with van der Waals surface area (Å²) >= 11 is 0. The highest BCUT2D eigenvalue weighted by Gasteiger charge is 2.39. The Morgan fingerprint density at radius 3 is 1.61 bits per heavy atom. The van der Waals surface area contributed by atoms with Crippen molar-refractivity contribution in [1.29, 1.82) is 0 Å². The minimum absolute atomic E-state index is 0.121. The number of likely N-dealkylation sites (tertiary alicyclic amines) is 1. The van der Waals surface area contributed by atoms with E-state index in [9.17, 15) is 19.5 Å². The topological polar surface area (TPSA) is 112 Å². The van der Waals surface area contributed by atoms with E-state index in [1.54, 1.807) is 0 Å². The van der Waals surface area contributed by atoms with Gasteiger partial charge in [-0.3, -0.25) is 14.4 Å². The Bertz CT molecular complexity index is 1110. The van der Waals surface area contributed by atoms with Gasteiger partial charge in [0.25, 0.3) is 0 Å². The zero-order valence-corrected chi connectivity index (χ0v) is 39.6. The average Bonchev–Trinajstić information content (AvgIpc) is 4.11. The van der Waals surface area contributed by atoms with Gasteiger partial charge in [0.1, 0.15) is 0 Å². The first-order chi connectivity index (χ1) is 29.9. The van der Waals surface area contributed by atoms with Crippen LogP contribution in [0.1, 0.15) is 220 Å². The number of carboxylic acid groups (broad SMARTS) is 1. The van der Waals surface area contributed by atoms with Gasteiger partial charge >= 0.3 is 17.9 Å². The van der Waals surface area contributed by atoms with Crippen LogP contribution < -0.4 is 0 Å². The third-order valence-corrected chi connectivity index (χ3v) is 12.6. The van der Waals surface area contributed by atoms with Gasteiger partial charge in [-0.25, -0.2) is 0 Å². The SMILES string of the molecule is CCCCC/C=C\C/C=C\CCCCCCCC(=O)OC[C@@H](COC(=O)CCC(OCCCCCCCC)OCCCCCCCC)CC(C1CC1)N1CCC(C(=O)O)CC1. The second-order valence-electron chi connectivity index (χ2n) is 18.2. The first-order valence-electron chi connectivity index (χ1n) is 25.7. The number of hydrogen-bond donors (Lipinski definition) is 1. The normalized spacial score (nSPS) is 16.2. The summed E-state index contributed by atoms with van der Waals surface area (Å²) in [6.45, 7) is 9.92. The number of esters is 2. The highest BCUT2D eigenvalue weighted by Crippen LogP contribution is 2.40. The van der Waals surface area contributed by atoms with Crippen molar-refractivity contribution in [2.45, 2.75) is 232 Å². The number of rotatable bonds is 42. The molecular weight excluding hydrogens is 767 g/mol. The second kappa shape index (κ2) is 38.2. The zero-order valence-electron chi connectivity index (χ0n) is 39.6. The molecule has 9 heteroatoms. The lowest BCUT2D eigenvalue weighted by Gasteiger charge is -2.38. The van der Waals surface area contributed by atoms with Crippen molar-refractivity contribution in [3.8, 4) is 0 Å². The minimum atomic E-state index is -0.703. The molecule has 1 aliphatic carbocycles. The predicted octanol–water partition coefficient (Wildman–Crippen LogP) is 13.3. The van der Waals surface area contributed by atoms with Crippen LogP contribution in [0.15, 0.2) is 24.3 Å². The summed E-state index contributed by atoms with van der Waals surface area (Å²) in [6, 6.07) is 0.272. The van der Waals surface area contributed by atoms with Crippen molar-refractivity contribution >= 4 is 17.9 Å². The molecule has 1 saturated carbocycles. The molecule has 0 amide bonds. The van der Waals surface area contributed by atoms with Crippen molar-refractivity contribution in [3.63, 3.8) is 0 Å². The largest absolute Gasteiger partial charge is 0.481 e. The Hall–Kier alpha value is -2.23. The molecule has 1 N–H and O–H groups in total. The van der Waals surface area contributed by atoms with E-state index < -0.39 is 12.3 Å². The molecule has 0 radical (unpaired) electrons. The van der Waals surface area contributed by atoms with Gasteiger partial charge in [-0.05, 0) is 102 Å². The lowest BCUT2D eigenvalue weighted by molar-refractivity contribution is -0.161. The van der Waals surface area contributed by atoms with Crippen LogP contribution in [0.5, 0.6) is 0 Å². The molecule has 0 aromatic heterocycles. The molecule has 0 spiro atoms. The van der Waals surface area contributed by atoms with Crippen molar-refractivity contribution in [2.24, 2.45) is 17.8 Å². The summed E-state index contributed by atoms with van der Waals surface area (Å²) in [7, 11) is 0. The van der Waals surface area contributed by atoms with Crippen molar-refractivity contribution in [1.82, 2.24) is 4.90 Å². The molecule has 0 bridgehead atoms. The fourth-order valence-corrected chi connectivity index (χ4v) is 8.42. The fraction of sp³-hybridized carbons (Fsp3) is 0.865. The molecule has 1 heterocycles. The van der Waals surface area contributed by atoms with Crippen LogP contribution in [-0.2, 0) is 33.3 Å². The molecule has 0 aromatic rings. The van der Waals surface area contributed by atoms with Crippen molar-refractivity contribution in [2.75, 3.05) is 39.5 Å². The number of carboxylic acids is 1. The van der Waals surface area contributed by atoms with Gasteiger partial charge in [-0.1, -0.05) is 141 Å². The standard InChI is InChI=1S/C52H93NO8/c1-4-7-10-13-16-17-18-19-20-21-22-23-24-25-28-31-49(54)60-43-45(42-48(46-32-33-46)53-38-36-47(37-39-53)52(56)57)44-61-50(55)34-35-51(58-40-29-26-14-11-8-5-2)59-41-30-27-15-12-9-6-3/h16-17,19-20,45-48,51H,4-15,18,21-44H2,1-3H3,(H,56,57)/b17-16-,20-19-/t45-,48?/m0/s1. The van der Waals surface area contributed by atoms with Gasteiger partial charge in [-0.2, -0.15) is 0 Å². The van der Waals surface area contributed by atoms with E-state index in [1.165, 1.54) is 89.9 Å². The van der Waals surface area contributed by atoms with E-state index in [-0.39, 0.29) is 49.5 Å². The fourth-order valence-electron chi connectivity index (χ4n) is 8.42. The molecule has 9 nitrogen and oxygen atoms in total. The summed E-state index contributed by atoms with van der Waals surface area (Å²) in [5, 5.41) is 9.58. The maximum Gasteiger partial charge on any atom is 0.306 e. The molecule has 61 heavy (non-hydrogen) atoms. The van der Waals surface area contributed by atoms with E-state index in [0.29, 0.717) is 44.8 Å². The predicted molar refractivity (Wildman–Crippen MR) is 250 cm³/mol. The van der Waals surface area contributed by atoms with Crippen LogP contribution in [0.25, 0.3) is 0 Å². The molecule has 2 aliphatic rings. The monoisotopic (exact) mass is 860 g/mol. The van der Waals surface area contributed by atoms with E-state index >= 15 is 0 Å². The molecule has 0 aromatic carbocycles. The lowest BCUT2D eigenvalue weighted by atomic mass is 9.91. The molecule has 1 saturated heterocycles. The van der Waals surface area contributed by atoms with E-state index in [1.807, 2.05) is 0 Å². The number of nitrogens with zero attached hydrogens (tertiary/aromatic N) is 1. The molecular formula is C52H93NO8. The van der Waals surface area contributed by atoms with Crippen LogP contribution >= 0.6 is 0 Å². The van der Waals surface area contributed by atoms with Gasteiger partial charge in [-0.15, -0.1) is 0 Å². The lowest BCUT2D eigenvalue weighted by Crippen LogP contribution is -2.45. The number of unbranched alkanes of at least 4 members (excludes halogenated alkanes) is 18. The Balaban J connectivity index is 1.84. The molecule has 2 rings (SSSR count). The molecule has 2 atom stereocenters. The third-order valence-electron chi connectivity index (χ3n) is 12.6. The Kier molecular flexibility index (Phi) is 34.4. The Morgan fingerprint density at radius 1 is 0.590 bits per heavy atom. The summed E-state index contributed by atoms with van der Waals surface area (Å²) in [5.41, 5.74) is 0. The van der Waals surface area contributed by atoms with E-state index in [4.69, 9.17) is 18.9 Å². The first kappa shape index (κ1) is 54.9. The molecule has 2 fully saturated rings. The minimum Gasteiger partial charge on any atom is -0.481 e. The number of carbonyl (C=O) groups excluding carboxylic acids is 2. The van der Waals surface area contributed by atoms with Crippen LogP contribution in [0.2, 0.25) is 0 Å². The number of aliphatic carboxylic acids is 1. The number of carbonyl (C=O) groups is 3. The summed E-state index contributed by atoms with van der Waals surface area (Å²) < 4.78 is 24.1. The third kappa shape index (κ3) is 30.5. The van der Waals surface area contributed by atoms with Crippen molar-refractivity contribution < 1.29 is 38.4 Å². The maximum atomic E-state index is 13.2. The van der Waals surface area contributed by atoms with Crippen LogP contribution in [-0.4, -0.2) is 79.8 Å². The number of piperidine rings is 1. The number of allylic oxidation sites excluding steroid dienone is 4. The molecule has 354 valence electrons. The van der Waals surface area contributed by atoms with Crippen LogP contribution in [0.4, 0.5) is 0 Å². The summed E-state index contributed by atoms with van der Waals surface area (Å²) in [6.07, 6.45) is 41.0. The number of ether oxygens (including phenoxy) is 4. The van der Waals surface area contributed by atoms with Crippen LogP contribution in [0, 0.1) is 17.8 Å². The highest BCUT2D eigenvalue weighted by atomic mass is 16.7.